The summed E-state index contributed by atoms with van der Waals surface area (Å²) in [4.78, 5) is 28.1. The largest absolute Gasteiger partial charge is 0.423 e. The van der Waals surface area contributed by atoms with Gasteiger partial charge in [-0.15, -0.1) is 10.2 Å². The number of rotatable bonds is 6. The molecule has 0 radical (unpaired) electrons. The molecule has 8 nitrogen and oxygen atoms in total. The lowest BCUT2D eigenvalue weighted by atomic mass is 9.87. The first-order chi connectivity index (χ1) is 19.8. The molecule has 41 heavy (non-hydrogen) atoms. The number of urea groups is 1. The Morgan fingerprint density at radius 3 is 2.56 bits per heavy atom. The molecule has 2 atom stereocenters. The van der Waals surface area contributed by atoms with Gasteiger partial charge in [0.05, 0.1) is 0 Å². The normalized spacial score (nSPS) is 18.0. The Morgan fingerprint density at radius 2 is 1.80 bits per heavy atom. The van der Waals surface area contributed by atoms with Crippen molar-refractivity contribution in [3.8, 4) is 22.6 Å². The summed E-state index contributed by atoms with van der Waals surface area (Å²) < 4.78 is 5.42. The van der Waals surface area contributed by atoms with Crippen molar-refractivity contribution < 1.29 is 14.0 Å². The average Bonchev–Trinajstić information content (AvgIpc) is 3.59. The highest BCUT2D eigenvalue weighted by atomic mass is 16.4. The molecule has 1 saturated carbocycles. The predicted molar refractivity (Wildman–Crippen MR) is 157 cm³/mol. The van der Waals surface area contributed by atoms with Crippen LogP contribution in [0.5, 0.6) is 0 Å². The molecule has 0 spiro atoms. The number of benzene rings is 3. The standard InChI is InChI=1S/C33H35N5O3/c1-33(2,3)36-32(40)38-15-14-26-25(22-10-7-11-23(16-22)31-37-35-20-41-31)13-12-24(29(26)19-38)18-34-30(39)28-17-27(28)21-8-5-4-6-9-21/h4-13,16,20,27-28H,14-15,17-19H2,1-3H3,(H,34,39)(H,36,40). The molecule has 1 aromatic heterocycles. The number of aromatic nitrogens is 2. The van der Waals surface area contributed by atoms with Crippen LogP contribution in [0.25, 0.3) is 22.6 Å². The van der Waals surface area contributed by atoms with Crippen molar-refractivity contribution in [2.24, 2.45) is 5.92 Å². The van der Waals surface area contributed by atoms with E-state index < -0.39 is 0 Å². The number of carbonyl (C=O) groups is 2. The molecule has 210 valence electrons. The summed E-state index contributed by atoms with van der Waals surface area (Å²) in [6.07, 6.45) is 2.92. The van der Waals surface area contributed by atoms with Crippen LogP contribution in [0.15, 0.2) is 77.5 Å². The van der Waals surface area contributed by atoms with E-state index in [0.717, 1.165) is 34.2 Å². The summed E-state index contributed by atoms with van der Waals surface area (Å²) in [6.45, 7) is 7.48. The molecule has 2 aliphatic rings. The lowest BCUT2D eigenvalue weighted by Gasteiger charge is -2.34. The van der Waals surface area contributed by atoms with Crippen molar-refractivity contribution in [2.75, 3.05) is 6.54 Å². The topological polar surface area (TPSA) is 100 Å². The van der Waals surface area contributed by atoms with Gasteiger partial charge in [-0.05, 0) is 85.0 Å². The van der Waals surface area contributed by atoms with E-state index in [2.05, 4.69) is 57.2 Å². The third-order valence-corrected chi connectivity index (χ3v) is 7.87. The van der Waals surface area contributed by atoms with Crippen molar-refractivity contribution in [3.05, 3.63) is 95.4 Å². The quantitative estimate of drug-likeness (QED) is 0.322. The summed E-state index contributed by atoms with van der Waals surface area (Å²) in [7, 11) is 0. The fourth-order valence-electron chi connectivity index (χ4n) is 5.74. The van der Waals surface area contributed by atoms with E-state index in [0.29, 0.717) is 31.9 Å². The number of hydrogen-bond donors (Lipinski definition) is 2. The molecule has 0 bridgehead atoms. The Labute approximate surface area is 240 Å². The first-order valence-corrected chi connectivity index (χ1v) is 14.2. The molecule has 1 fully saturated rings. The fourth-order valence-corrected chi connectivity index (χ4v) is 5.74. The van der Waals surface area contributed by atoms with Gasteiger partial charge in [0, 0.05) is 36.7 Å². The minimum absolute atomic E-state index is 0.00833. The van der Waals surface area contributed by atoms with Gasteiger partial charge in [0.25, 0.3) is 0 Å². The van der Waals surface area contributed by atoms with Gasteiger partial charge in [-0.1, -0.05) is 54.6 Å². The maximum absolute atomic E-state index is 13.1. The van der Waals surface area contributed by atoms with E-state index in [1.807, 2.05) is 56.0 Å². The first-order valence-electron chi connectivity index (χ1n) is 14.2. The predicted octanol–water partition coefficient (Wildman–Crippen LogP) is 5.69. The maximum atomic E-state index is 13.1. The van der Waals surface area contributed by atoms with E-state index in [1.165, 1.54) is 17.5 Å². The molecule has 0 saturated heterocycles. The van der Waals surface area contributed by atoms with Crippen LogP contribution >= 0.6 is 0 Å². The van der Waals surface area contributed by atoms with E-state index in [1.54, 1.807) is 0 Å². The van der Waals surface area contributed by atoms with E-state index >= 15 is 0 Å². The maximum Gasteiger partial charge on any atom is 0.318 e. The molecular formula is C33H35N5O3. The first kappa shape index (κ1) is 26.7. The van der Waals surface area contributed by atoms with Gasteiger partial charge in [0.2, 0.25) is 18.2 Å². The van der Waals surface area contributed by atoms with Gasteiger partial charge in [0.15, 0.2) is 0 Å². The Kier molecular flexibility index (Phi) is 7.07. The summed E-state index contributed by atoms with van der Waals surface area (Å²) in [6, 6.07) is 22.4. The zero-order chi connectivity index (χ0) is 28.6. The second kappa shape index (κ2) is 10.8. The Balaban J connectivity index is 1.27. The molecule has 2 heterocycles. The second-order valence-electron chi connectivity index (χ2n) is 12.0. The minimum Gasteiger partial charge on any atom is -0.423 e. The van der Waals surface area contributed by atoms with Crippen LogP contribution in [0.2, 0.25) is 0 Å². The second-order valence-corrected chi connectivity index (χ2v) is 12.0. The van der Waals surface area contributed by atoms with Crippen molar-refractivity contribution >= 4 is 11.9 Å². The smallest absolute Gasteiger partial charge is 0.318 e. The fraction of sp³-hybridized carbons (Fsp3) is 0.333. The summed E-state index contributed by atoms with van der Waals surface area (Å²) in [5, 5.41) is 14.2. The van der Waals surface area contributed by atoms with Crippen molar-refractivity contribution in [1.82, 2.24) is 25.7 Å². The van der Waals surface area contributed by atoms with Crippen LogP contribution < -0.4 is 10.6 Å². The molecule has 1 aliphatic heterocycles. The molecule has 6 rings (SSSR count). The van der Waals surface area contributed by atoms with Gasteiger partial charge >= 0.3 is 6.03 Å². The van der Waals surface area contributed by atoms with Gasteiger partial charge in [-0.3, -0.25) is 4.79 Å². The van der Waals surface area contributed by atoms with Crippen molar-refractivity contribution in [3.63, 3.8) is 0 Å². The van der Waals surface area contributed by atoms with E-state index in [4.69, 9.17) is 4.42 Å². The van der Waals surface area contributed by atoms with Gasteiger partial charge < -0.3 is 20.0 Å². The van der Waals surface area contributed by atoms with Crippen LogP contribution in [0.1, 0.15) is 55.4 Å². The zero-order valence-electron chi connectivity index (χ0n) is 23.7. The third kappa shape index (κ3) is 5.87. The minimum atomic E-state index is -0.329. The lowest BCUT2D eigenvalue weighted by molar-refractivity contribution is -0.122. The lowest BCUT2D eigenvalue weighted by Crippen LogP contribution is -2.50. The van der Waals surface area contributed by atoms with Crippen LogP contribution in [-0.4, -0.2) is 39.1 Å². The van der Waals surface area contributed by atoms with Crippen LogP contribution in [0, 0.1) is 5.92 Å². The molecule has 2 N–H and O–H groups in total. The van der Waals surface area contributed by atoms with Gasteiger partial charge in [0.1, 0.15) is 0 Å². The Hall–Kier alpha value is -4.46. The summed E-state index contributed by atoms with van der Waals surface area (Å²) >= 11 is 0. The van der Waals surface area contributed by atoms with Crippen LogP contribution in [0.3, 0.4) is 0 Å². The highest BCUT2D eigenvalue weighted by Crippen LogP contribution is 2.47. The van der Waals surface area contributed by atoms with Gasteiger partial charge in [-0.2, -0.15) is 0 Å². The SMILES string of the molecule is CC(C)(C)NC(=O)N1CCc2c(-c3cccc(-c4nnco4)c3)ccc(CNC(=O)C3CC3c3ccccc3)c2C1. The zero-order valence-corrected chi connectivity index (χ0v) is 23.7. The number of nitrogens with one attached hydrogen (secondary N) is 2. The number of nitrogens with zero attached hydrogens (tertiary/aromatic N) is 3. The molecule has 4 aromatic rings. The molecule has 1 aliphatic carbocycles. The summed E-state index contributed by atoms with van der Waals surface area (Å²) in [5.41, 5.74) is 7.23. The number of fused-ring (bicyclic) bond motifs is 1. The molecule has 3 amide bonds. The highest BCUT2D eigenvalue weighted by molar-refractivity contribution is 5.83. The van der Waals surface area contributed by atoms with E-state index in [-0.39, 0.29) is 29.3 Å². The molecule has 8 heteroatoms. The third-order valence-electron chi connectivity index (χ3n) is 7.87. The van der Waals surface area contributed by atoms with Crippen molar-refractivity contribution in [2.45, 2.75) is 58.2 Å². The molecular weight excluding hydrogens is 514 g/mol. The Morgan fingerprint density at radius 1 is 1.00 bits per heavy atom. The highest BCUT2D eigenvalue weighted by Gasteiger charge is 2.43. The summed E-state index contributed by atoms with van der Waals surface area (Å²) in [5.74, 6) is 0.852. The van der Waals surface area contributed by atoms with Crippen LogP contribution in [-0.2, 0) is 24.3 Å². The van der Waals surface area contributed by atoms with E-state index in [9.17, 15) is 9.59 Å². The monoisotopic (exact) mass is 549 g/mol. The average molecular weight is 550 g/mol. The molecule has 2 unspecified atom stereocenters. The number of hydrogen-bond acceptors (Lipinski definition) is 5. The number of amides is 3. The van der Waals surface area contributed by atoms with Crippen LogP contribution in [0.4, 0.5) is 4.79 Å². The molecule has 3 aromatic carbocycles. The Bertz CT molecular complexity index is 1560. The van der Waals surface area contributed by atoms with Gasteiger partial charge in [-0.25, -0.2) is 4.79 Å². The van der Waals surface area contributed by atoms with Crippen molar-refractivity contribution in [1.29, 1.82) is 0 Å². The number of carbonyl (C=O) groups excluding carboxylic acids is 2.